The Kier molecular flexibility index (Phi) is 4.96. The number of nitrogens with zero attached hydrogens (tertiary/aromatic N) is 3. The monoisotopic (exact) mass is 330 g/mol. The number of hydrogen-bond acceptors (Lipinski definition) is 5. The summed E-state index contributed by atoms with van der Waals surface area (Å²) in [4.78, 5) is 4.48. The second-order valence-electron chi connectivity index (χ2n) is 5.04. The zero-order valence-corrected chi connectivity index (χ0v) is 13.3. The van der Waals surface area contributed by atoms with Gasteiger partial charge in [-0.15, -0.1) is 0 Å². The third kappa shape index (κ3) is 4.13. The Hall–Kier alpha value is -2.29. The number of hydrazone groups is 1. The first-order valence-corrected chi connectivity index (χ1v) is 7.72. The lowest BCUT2D eigenvalue weighted by Crippen LogP contribution is -2.51. The van der Waals surface area contributed by atoms with Crippen LogP contribution in [0.2, 0.25) is 0 Å². The van der Waals surface area contributed by atoms with Crippen molar-refractivity contribution in [3.8, 4) is 0 Å². The fraction of sp³-hybridized carbons (Fsp3) is 0.267. The number of hydrogen-bond donors (Lipinski definition) is 3. The number of pyridine rings is 1. The molecule has 0 saturated carbocycles. The van der Waals surface area contributed by atoms with E-state index in [1.54, 1.807) is 0 Å². The van der Waals surface area contributed by atoms with Gasteiger partial charge in [-0.2, -0.15) is 5.10 Å². The Morgan fingerprint density at radius 3 is 2.83 bits per heavy atom. The van der Waals surface area contributed by atoms with Crippen molar-refractivity contribution in [1.82, 2.24) is 20.8 Å². The first-order chi connectivity index (χ1) is 11.2. The van der Waals surface area contributed by atoms with Crippen LogP contribution in [0.3, 0.4) is 0 Å². The third-order valence-corrected chi connectivity index (χ3v) is 3.59. The molecule has 0 bridgehead atoms. The maximum absolute atomic E-state index is 5.97. The van der Waals surface area contributed by atoms with Crippen molar-refractivity contribution in [1.29, 1.82) is 0 Å². The molecule has 7 nitrogen and oxygen atoms in total. The van der Waals surface area contributed by atoms with Crippen molar-refractivity contribution in [3.05, 3.63) is 42.1 Å². The standard InChI is InChI=1S/C15H18N6OS/c16-14(13-6-5-11-3-1-2-4-12(11)17-13)18-19-15(23)20-21-7-9-22-10-8-21/h1-6H,7-10H2,(H2,16,18)(H2,19,20,23). The summed E-state index contributed by atoms with van der Waals surface area (Å²) in [5.41, 5.74) is 13.2. The summed E-state index contributed by atoms with van der Waals surface area (Å²) >= 11 is 5.19. The molecule has 1 aliphatic rings. The smallest absolute Gasteiger partial charge is 0.201 e. The molecule has 0 spiro atoms. The van der Waals surface area contributed by atoms with Crippen LogP contribution in [0, 0.1) is 0 Å². The second-order valence-corrected chi connectivity index (χ2v) is 5.45. The molecule has 0 aliphatic carbocycles. The van der Waals surface area contributed by atoms with Gasteiger partial charge in [-0.25, -0.2) is 9.99 Å². The van der Waals surface area contributed by atoms with Crippen LogP contribution in [-0.4, -0.2) is 47.2 Å². The minimum Gasteiger partial charge on any atom is -0.380 e. The quantitative estimate of drug-likeness (QED) is 0.328. The van der Waals surface area contributed by atoms with Crippen LogP contribution in [0.5, 0.6) is 0 Å². The Balaban J connectivity index is 1.62. The summed E-state index contributed by atoms with van der Waals surface area (Å²) in [5.74, 6) is 0.280. The second kappa shape index (κ2) is 7.32. The molecule has 1 saturated heterocycles. The highest BCUT2D eigenvalue weighted by Gasteiger charge is 2.11. The van der Waals surface area contributed by atoms with Crippen molar-refractivity contribution >= 4 is 34.1 Å². The molecule has 8 heteroatoms. The van der Waals surface area contributed by atoms with E-state index in [1.807, 2.05) is 41.4 Å². The fourth-order valence-electron chi connectivity index (χ4n) is 2.22. The average molecular weight is 330 g/mol. The molecule has 1 aliphatic heterocycles. The molecule has 1 fully saturated rings. The number of nitrogens with two attached hydrogens (primary N) is 1. The molecule has 1 aromatic heterocycles. The van der Waals surface area contributed by atoms with Crippen molar-refractivity contribution < 1.29 is 4.74 Å². The summed E-state index contributed by atoms with van der Waals surface area (Å²) in [6.45, 7) is 2.91. The normalized spacial score (nSPS) is 16.3. The van der Waals surface area contributed by atoms with E-state index in [1.165, 1.54) is 0 Å². The van der Waals surface area contributed by atoms with Crippen LogP contribution in [0.1, 0.15) is 5.69 Å². The molecule has 2 aromatic rings. The van der Waals surface area contributed by atoms with Gasteiger partial charge < -0.3 is 10.5 Å². The summed E-state index contributed by atoms with van der Waals surface area (Å²) in [7, 11) is 0. The van der Waals surface area contributed by atoms with Crippen molar-refractivity contribution in [2.45, 2.75) is 0 Å². The Morgan fingerprint density at radius 1 is 1.22 bits per heavy atom. The lowest BCUT2D eigenvalue weighted by atomic mass is 10.2. The molecular formula is C15H18N6OS. The summed E-state index contributed by atoms with van der Waals surface area (Å²) in [5, 5.41) is 7.50. The number of aromatic nitrogens is 1. The zero-order valence-electron chi connectivity index (χ0n) is 12.5. The van der Waals surface area contributed by atoms with Gasteiger partial charge in [0.25, 0.3) is 0 Å². The first-order valence-electron chi connectivity index (χ1n) is 7.31. The number of fused-ring (bicyclic) bond motifs is 1. The molecule has 3 rings (SSSR count). The van der Waals surface area contributed by atoms with Gasteiger partial charge >= 0.3 is 0 Å². The topological polar surface area (TPSA) is 87.8 Å². The number of morpholine rings is 1. The van der Waals surface area contributed by atoms with Crippen molar-refractivity contribution in [2.75, 3.05) is 26.3 Å². The summed E-state index contributed by atoms with van der Waals surface area (Å²) in [6.07, 6.45) is 0. The molecule has 2 heterocycles. The van der Waals surface area contributed by atoms with Crippen LogP contribution in [0.15, 0.2) is 41.5 Å². The molecule has 0 amide bonds. The van der Waals surface area contributed by atoms with Crippen LogP contribution in [0.25, 0.3) is 10.9 Å². The van der Waals surface area contributed by atoms with E-state index in [4.69, 9.17) is 22.7 Å². The largest absolute Gasteiger partial charge is 0.380 e. The van der Waals surface area contributed by atoms with Crippen LogP contribution in [-0.2, 0) is 4.74 Å². The molecule has 0 unspecified atom stereocenters. The average Bonchev–Trinajstić information content (AvgIpc) is 2.60. The number of nitrogens with one attached hydrogen (secondary N) is 2. The Labute approximate surface area is 139 Å². The molecule has 23 heavy (non-hydrogen) atoms. The van der Waals surface area contributed by atoms with Gasteiger partial charge in [0.05, 0.1) is 18.7 Å². The number of benzene rings is 1. The number of ether oxygens (including phenoxy) is 1. The van der Waals surface area contributed by atoms with Gasteiger partial charge in [0, 0.05) is 18.5 Å². The summed E-state index contributed by atoms with van der Waals surface area (Å²) in [6, 6.07) is 11.6. The number of para-hydroxylation sites is 1. The Bertz CT molecular complexity index is 729. The fourth-order valence-corrected chi connectivity index (χ4v) is 2.40. The lowest BCUT2D eigenvalue weighted by Gasteiger charge is -2.27. The first kappa shape index (κ1) is 15.6. The van der Waals surface area contributed by atoms with E-state index < -0.39 is 0 Å². The maximum atomic E-state index is 5.97. The van der Waals surface area contributed by atoms with Gasteiger partial charge in [-0.3, -0.25) is 10.9 Å². The highest BCUT2D eigenvalue weighted by Crippen LogP contribution is 2.11. The van der Waals surface area contributed by atoms with Crippen molar-refractivity contribution in [2.24, 2.45) is 10.8 Å². The molecule has 1 aromatic carbocycles. The predicted octanol–water partition coefficient (Wildman–Crippen LogP) is 0.566. The SMILES string of the molecule is N/C(=N\NC(=S)NN1CCOCC1)c1ccc2ccccc2n1. The predicted molar refractivity (Wildman–Crippen MR) is 93.7 cm³/mol. The van der Waals surface area contributed by atoms with Gasteiger partial charge in [0.1, 0.15) is 5.69 Å². The van der Waals surface area contributed by atoms with Crippen LogP contribution in [0.4, 0.5) is 0 Å². The molecular weight excluding hydrogens is 312 g/mol. The van der Waals surface area contributed by atoms with E-state index in [2.05, 4.69) is 20.9 Å². The molecule has 0 radical (unpaired) electrons. The maximum Gasteiger partial charge on any atom is 0.201 e. The van der Waals surface area contributed by atoms with Gasteiger partial charge in [-0.05, 0) is 24.4 Å². The van der Waals surface area contributed by atoms with Crippen LogP contribution < -0.4 is 16.6 Å². The third-order valence-electron chi connectivity index (χ3n) is 3.41. The highest BCUT2D eigenvalue weighted by atomic mass is 32.1. The molecule has 4 N–H and O–H groups in total. The number of rotatable bonds is 3. The molecule has 120 valence electrons. The van der Waals surface area contributed by atoms with Crippen molar-refractivity contribution in [3.63, 3.8) is 0 Å². The van der Waals surface area contributed by atoms with E-state index in [0.29, 0.717) is 24.0 Å². The summed E-state index contributed by atoms with van der Waals surface area (Å²) < 4.78 is 5.27. The van der Waals surface area contributed by atoms with Crippen LogP contribution >= 0.6 is 12.2 Å². The number of thiocarbonyl (C=S) groups is 1. The van der Waals surface area contributed by atoms with E-state index in [-0.39, 0.29) is 5.84 Å². The van der Waals surface area contributed by atoms with E-state index >= 15 is 0 Å². The highest BCUT2D eigenvalue weighted by molar-refractivity contribution is 7.80. The number of amidine groups is 1. The molecule has 0 atom stereocenters. The zero-order chi connectivity index (χ0) is 16.1. The van der Waals surface area contributed by atoms with Gasteiger partial charge in [-0.1, -0.05) is 24.3 Å². The minimum atomic E-state index is 0.280. The van der Waals surface area contributed by atoms with E-state index in [9.17, 15) is 0 Å². The number of hydrazine groups is 1. The van der Waals surface area contributed by atoms with Gasteiger partial charge in [0.2, 0.25) is 5.11 Å². The minimum absolute atomic E-state index is 0.280. The van der Waals surface area contributed by atoms with E-state index in [0.717, 1.165) is 24.0 Å². The Morgan fingerprint density at radius 2 is 2.00 bits per heavy atom. The van der Waals surface area contributed by atoms with Gasteiger partial charge in [0.15, 0.2) is 5.84 Å². The lowest BCUT2D eigenvalue weighted by molar-refractivity contribution is 0.0247.